The van der Waals surface area contributed by atoms with Gasteiger partial charge in [0.25, 0.3) is 0 Å². The Morgan fingerprint density at radius 2 is 1.96 bits per heavy atom. The van der Waals surface area contributed by atoms with Crippen LogP contribution in [0.5, 0.6) is 5.75 Å². The smallest absolute Gasteiger partial charge is 0.188 e. The van der Waals surface area contributed by atoms with Crippen LogP contribution in [0.15, 0.2) is 46.8 Å². The van der Waals surface area contributed by atoms with Gasteiger partial charge < -0.3 is 20.7 Å². The van der Waals surface area contributed by atoms with E-state index in [1.807, 2.05) is 12.1 Å². The van der Waals surface area contributed by atoms with Crippen molar-refractivity contribution in [1.82, 2.24) is 10.2 Å². The van der Waals surface area contributed by atoms with E-state index < -0.39 is 0 Å². The highest BCUT2D eigenvalue weighted by Crippen LogP contribution is 2.20. The molecule has 0 bridgehead atoms. The Labute approximate surface area is 172 Å². The molecule has 0 unspecified atom stereocenters. The van der Waals surface area contributed by atoms with Crippen molar-refractivity contribution >= 4 is 23.0 Å². The van der Waals surface area contributed by atoms with E-state index in [2.05, 4.69) is 49.8 Å². The van der Waals surface area contributed by atoms with Gasteiger partial charge in [0.05, 0.1) is 7.11 Å². The first-order valence-electron chi connectivity index (χ1n) is 9.92. The zero-order valence-corrected chi connectivity index (χ0v) is 17.5. The molecule has 152 valence electrons. The van der Waals surface area contributed by atoms with Crippen molar-refractivity contribution in [3.05, 3.63) is 46.7 Å². The Bertz CT molecular complexity index is 709. The van der Waals surface area contributed by atoms with Crippen LogP contribution in [0, 0.1) is 0 Å². The van der Waals surface area contributed by atoms with Crippen molar-refractivity contribution in [2.75, 3.05) is 57.8 Å². The van der Waals surface area contributed by atoms with Gasteiger partial charge in [0.1, 0.15) is 5.75 Å². The number of piperazine rings is 1. The van der Waals surface area contributed by atoms with Gasteiger partial charge in [-0.3, -0.25) is 9.89 Å². The molecule has 1 saturated heterocycles. The van der Waals surface area contributed by atoms with Crippen molar-refractivity contribution < 1.29 is 4.74 Å². The maximum absolute atomic E-state index is 5.95. The first-order valence-corrected chi connectivity index (χ1v) is 10.8. The highest BCUT2D eigenvalue weighted by Gasteiger charge is 2.16. The Kier molecular flexibility index (Phi) is 7.99. The average Bonchev–Trinajstić information content (AvgIpc) is 3.25. The zero-order chi connectivity index (χ0) is 19.6. The average molecular weight is 402 g/mol. The fourth-order valence-electron chi connectivity index (χ4n) is 3.34. The summed E-state index contributed by atoms with van der Waals surface area (Å²) in [4.78, 5) is 10.8. The summed E-state index contributed by atoms with van der Waals surface area (Å²) < 4.78 is 5.23. The predicted molar refractivity (Wildman–Crippen MR) is 119 cm³/mol. The van der Waals surface area contributed by atoms with Crippen LogP contribution in [0.25, 0.3) is 0 Å². The number of nitrogens with one attached hydrogen (secondary N) is 1. The van der Waals surface area contributed by atoms with E-state index in [9.17, 15) is 0 Å². The maximum atomic E-state index is 5.95. The van der Waals surface area contributed by atoms with Crippen LogP contribution < -0.4 is 20.7 Å². The van der Waals surface area contributed by atoms with E-state index in [0.717, 1.165) is 64.4 Å². The monoisotopic (exact) mass is 401 g/mol. The topological polar surface area (TPSA) is 66.1 Å². The Morgan fingerprint density at radius 1 is 1.18 bits per heavy atom. The predicted octanol–water partition coefficient (Wildman–Crippen LogP) is 2.42. The standard InChI is InChI=1S/C21H31N5OS/c1-27-19-7-5-18(6-8-19)26-15-13-25(14-16-26)12-3-10-23-21(22)24-11-9-20-4-2-17-28-20/h2,4-8,17H,3,9-16H2,1H3,(H3,22,23,24). The summed E-state index contributed by atoms with van der Waals surface area (Å²) in [6.07, 6.45) is 2.03. The van der Waals surface area contributed by atoms with Gasteiger partial charge in [-0.25, -0.2) is 0 Å². The van der Waals surface area contributed by atoms with Gasteiger partial charge in [-0.2, -0.15) is 0 Å². The molecular weight excluding hydrogens is 370 g/mol. The van der Waals surface area contributed by atoms with Crippen LogP contribution in [-0.2, 0) is 6.42 Å². The van der Waals surface area contributed by atoms with Crippen molar-refractivity contribution in [3.63, 3.8) is 0 Å². The SMILES string of the molecule is COc1ccc(N2CCN(CCCN=C(N)NCCc3cccs3)CC2)cc1. The lowest BCUT2D eigenvalue weighted by molar-refractivity contribution is 0.256. The zero-order valence-electron chi connectivity index (χ0n) is 16.6. The number of hydrogen-bond donors (Lipinski definition) is 2. The van der Waals surface area contributed by atoms with Gasteiger partial charge in [0.15, 0.2) is 5.96 Å². The third-order valence-electron chi connectivity index (χ3n) is 4.98. The highest BCUT2D eigenvalue weighted by molar-refractivity contribution is 7.09. The second kappa shape index (κ2) is 10.9. The Morgan fingerprint density at radius 3 is 2.64 bits per heavy atom. The lowest BCUT2D eigenvalue weighted by atomic mass is 10.2. The van der Waals surface area contributed by atoms with Gasteiger partial charge >= 0.3 is 0 Å². The second-order valence-corrected chi connectivity index (χ2v) is 7.94. The summed E-state index contributed by atoms with van der Waals surface area (Å²) in [7, 11) is 1.70. The quantitative estimate of drug-likeness (QED) is 0.384. The number of thiophene rings is 1. The molecular formula is C21H31N5OS. The molecule has 2 heterocycles. The van der Waals surface area contributed by atoms with Crippen molar-refractivity contribution in [2.24, 2.45) is 10.7 Å². The molecule has 7 heteroatoms. The first kappa shape index (κ1) is 20.5. The lowest BCUT2D eigenvalue weighted by Gasteiger charge is -2.36. The number of benzene rings is 1. The van der Waals surface area contributed by atoms with Crippen LogP contribution in [0.1, 0.15) is 11.3 Å². The van der Waals surface area contributed by atoms with Crippen LogP contribution >= 0.6 is 11.3 Å². The summed E-state index contributed by atoms with van der Waals surface area (Å²) in [5.41, 5.74) is 7.22. The van der Waals surface area contributed by atoms with E-state index in [0.29, 0.717) is 5.96 Å². The van der Waals surface area contributed by atoms with E-state index in [-0.39, 0.29) is 0 Å². The number of ether oxygens (including phenoxy) is 1. The van der Waals surface area contributed by atoms with E-state index >= 15 is 0 Å². The number of methoxy groups -OCH3 is 1. The summed E-state index contributed by atoms with van der Waals surface area (Å²) in [6, 6.07) is 12.5. The third kappa shape index (κ3) is 6.42. The first-order chi connectivity index (χ1) is 13.7. The van der Waals surface area contributed by atoms with Gasteiger partial charge in [-0.05, 0) is 48.6 Å². The Hall–Kier alpha value is -2.25. The van der Waals surface area contributed by atoms with Crippen LogP contribution in [0.4, 0.5) is 5.69 Å². The van der Waals surface area contributed by atoms with Crippen LogP contribution in [-0.4, -0.2) is 63.8 Å². The van der Waals surface area contributed by atoms with Crippen molar-refractivity contribution in [1.29, 1.82) is 0 Å². The lowest BCUT2D eigenvalue weighted by Crippen LogP contribution is -2.46. The summed E-state index contributed by atoms with van der Waals surface area (Å²) in [5, 5.41) is 5.30. The van der Waals surface area contributed by atoms with Gasteiger partial charge in [-0.15, -0.1) is 11.3 Å². The molecule has 0 radical (unpaired) electrons. The number of nitrogens with zero attached hydrogens (tertiary/aromatic N) is 3. The molecule has 3 rings (SSSR count). The fourth-order valence-corrected chi connectivity index (χ4v) is 4.05. The third-order valence-corrected chi connectivity index (χ3v) is 5.92. The highest BCUT2D eigenvalue weighted by atomic mass is 32.1. The van der Waals surface area contributed by atoms with Gasteiger partial charge in [0, 0.05) is 56.4 Å². The number of hydrogen-bond acceptors (Lipinski definition) is 5. The molecule has 6 nitrogen and oxygen atoms in total. The number of rotatable bonds is 9. The fraction of sp³-hybridized carbons (Fsp3) is 0.476. The minimum absolute atomic E-state index is 0.556. The molecule has 0 amide bonds. The van der Waals surface area contributed by atoms with Gasteiger partial charge in [0.2, 0.25) is 0 Å². The molecule has 1 aliphatic heterocycles. The number of anilines is 1. The summed E-state index contributed by atoms with van der Waals surface area (Å²) in [5.74, 6) is 1.46. The summed E-state index contributed by atoms with van der Waals surface area (Å²) >= 11 is 1.78. The number of nitrogens with two attached hydrogens (primary N) is 1. The van der Waals surface area contributed by atoms with Crippen LogP contribution in [0.2, 0.25) is 0 Å². The minimum Gasteiger partial charge on any atom is -0.497 e. The normalized spacial score (nSPS) is 15.6. The maximum Gasteiger partial charge on any atom is 0.188 e. The van der Waals surface area contributed by atoms with E-state index in [1.165, 1.54) is 10.6 Å². The van der Waals surface area contributed by atoms with Gasteiger partial charge in [-0.1, -0.05) is 6.07 Å². The molecule has 1 fully saturated rings. The van der Waals surface area contributed by atoms with Crippen LogP contribution in [0.3, 0.4) is 0 Å². The van der Waals surface area contributed by atoms with E-state index in [1.54, 1.807) is 18.4 Å². The molecule has 0 spiro atoms. The molecule has 1 aliphatic rings. The van der Waals surface area contributed by atoms with E-state index in [4.69, 9.17) is 10.5 Å². The van der Waals surface area contributed by atoms with Crippen molar-refractivity contribution in [3.8, 4) is 5.75 Å². The Balaban J connectivity index is 1.28. The molecule has 3 N–H and O–H groups in total. The molecule has 0 aliphatic carbocycles. The molecule has 1 aromatic carbocycles. The molecule has 0 atom stereocenters. The molecule has 1 aromatic heterocycles. The molecule has 0 saturated carbocycles. The molecule has 2 aromatic rings. The van der Waals surface area contributed by atoms with Crippen molar-refractivity contribution in [2.45, 2.75) is 12.8 Å². The number of guanidine groups is 1. The second-order valence-electron chi connectivity index (χ2n) is 6.90. The number of aliphatic imine (C=N–C) groups is 1. The molecule has 28 heavy (non-hydrogen) atoms. The minimum atomic E-state index is 0.556. The largest absolute Gasteiger partial charge is 0.497 e. The summed E-state index contributed by atoms with van der Waals surface area (Å²) in [6.45, 7) is 6.97.